The van der Waals surface area contributed by atoms with Gasteiger partial charge in [0.05, 0.1) is 16.8 Å². The summed E-state index contributed by atoms with van der Waals surface area (Å²) in [5, 5.41) is 7.95. The number of hydrogen-bond acceptors (Lipinski definition) is 4. The first-order valence-electron chi connectivity index (χ1n) is 11.7. The number of nitrogens with zero attached hydrogens (tertiary/aromatic N) is 6. The first-order valence-corrected chi connectivity index (χ1v) is 11.7. The Hall–Kier alpha value is -3.40. The minimum absolute atomic E-state index is 0.156. The standard InChI is InChI=1S/C25H27F3N6O/c1-17-5-4-8-32(12-17)13-19-10-21(25(26,27)28)22-15-33(24(35)34(22)14-19)20-7-3-6-18(9-20)11-23-30-29-16-31(23)2/h3,6-7,9-10,14-17H,4-5,8,11-13H2,1-2H3/t17-/m0/s1. The molecular weight excluding hydrogens is 457 g/mol. The number of hydrogen-bond donors (Lipinski definition) is 0. The summed E-state index contributed by atoms with van der Waals surface area (Å²) in [6, 6.07) is 8.35. The Balaban J connectivity index is 1.55. The maximum Gasteiger partial charge on any atom is 0.418 e. The Labute approximate surface area is 200 Å². The maximum absolute atomic E-state index is 14.0. The Morgan fingerprint density at radius 1 is 1.14 bits per heavy atom. The number of aromatic nitrogens is 5. The van der Waals surface area contributed by atoms with Gasteiger partial charge in [-0.1, -0.05) is 19.1 Å². The number of alkyl halides is 3. The van der Waals surface area contributed by atoms with E-state index in [0.29, 0.717) is 30.1 Å². The van der Waals surface area contributed by atoms with Crippen LogP contribution in [0.2, 0.25) is 0 Å². The van der Waals surface area contributed by atoms with E-state index >= 15 is 0 Å². The first-order chi connectivity index (χ1) is 16.7. The summed E-state index contributed by atoms with van der Waals surface area (Å²) in [4.78, 5) is 15.5. The second kappa shape index (κ2) is 8.99. The van der Waals surface area contributed by atoms with Gasteiger partial charge in [0, 0.05) is 39.0 Å². The number of rotatable bonds is 5. The smallest absolute Gasteiger partial charge is 0.320 e. The van der Waals surface area contributed by atoms with E-state index in [-0.39, 0.29) is 5.52 Å². The highest BCUT2D eigenvalue weighted by Crippen LogP contribution is 2.34. The van der Waals surface area contributed by atoms with Crippen LogP contribution in [0.3, 0.4) is 0 Å². The van der Waals surface area contributed by atoms with Crippen LogP contribution in [0, 0.1) is 5.92 Å². The lowest BCUT2D eigenvalue weighted by atomic mass is 10.00. The van der Waals surface area contributed by atoms with Gasteiger partial charge >= 0.3 is 11.9 Å². The van der Waals surface area contributed by atoms with Crippen molar-refractivity contribution in [1.29, 1.82) is 0 Å². The van der Waals surface area contributed by atoms with Crippen LogP contribution in [0.4, 0.5) is 13.2 Å². The third-order valence-corrected chi connectivity index (χ3v) is 6.63. The molecule has 35 heavy (non-hydrogen) atoms. The fourth-order valence-electron chi connectivity index (χ4n) is 4.90. The molecule has 0 amide bonds. The highest BCUT2D eigenvalue weighted by atomic mass is 19.4. The number of pyridine rings is 1. The van der Waals surface area contributed by atoms with Crippen LogP contribution in [0.5, 0.6) is 0 Å². The summed E-state index contributed by atoms with van der Waals surface area (Å²) in [5.41, 5.74) is 0.364. The number of aryl methyl sites for hydroxylation is 1. The van der Waals surface area contributed by atoms with Crippen molar-refractivity contribution in [3.8, 4) is 5.69 Å². The fraction of sp³-hybridized carbons (Fsp3) is 0.400. The van der Waals surface area contributed by atoms with Crippen molar-refractivity contribution in [2.75, 3.05) is 13.1 Å². The van der Waals surface area contributed by atoms with E-state index in [4.69, 9.17) is 0 Å². The molecular formula is C25H27F3N6O. The highest BCUT2D eigenvalue weighted by molar-refractivity contribution is 5.58. The van der Waals surface area contributed by atoms with E-state index < -0.39 is 17.4 Å². The van der Waals surface area contributed by atoms with Crippen molar-refractivity contribution >= 4 is 5.52 Å². The molecule has 4 heterocycles. The van der Waals surface area contributed by atoms with E-state index in [1.54, 1.807) is 35.3 Å². The largest absolute Gasteiger partial charge is 0.418 e. The van der Waals surface area contributed by atoms with Gasteiger partial charge in [0.15, 0.2) is 0 Å². The fourth-order valence-corrected chi connectivity index (χ4v) is 4.90. The van der Waals surface area contributed by atoms with Gasteiger partial charge < -0.3 is 4.57 Å². The highest BCUT2D eigenvalue weighted by Gasteiger charge is 2.34. The van der Waals surface area contributed by atoms with Crippen molar-refractivity contribution in [2.24, 2.45) is 13.0 Å². The lowest BCUT2D eigenvalue weighted by molar-refractivity contribution is -0.136. The van der Waals surface area contributed by atoms with Gasteiger partial charge in [0.2, 0.25) is 0 Å². The van der Waals surface area contributed by atoms with Crippen LogP contribution < -0.4 is 5.69 Å². The summed E-state index contributed by atoms with van der Waals surface area (Å²) in [6.45, 7) is 4.22. The van der Waals surface area contributed by atoms with Crippen LogP contribution in [0.1, 0.15) is 42.3 Å². The molecule has 0 N–H and O–H groups in total. The summed E-state index contributed by atoms with van der Waals surface area (Å²) in [7, 11) is 1.84. The van der Waals surface area contributed by atoms with Crippen molar-refractivity contribution in [3.05, 3.63) is 82.1 Å². The molecule has 1 aliphatic heterocycles. The number of imidazole rings is 1. The minimum atomic E-state index is -4.58. The van der Waals surface area contributed by atoms with Crippen LogP contribution in [0.15, 0.2) is 53.8 Å². The predicted molar refractivity (Wildman–Crippen MR) is 125 cm³/mol. The van der Waals surface area contributed by atoms with Gasteiger partial charge in [-0.3, -0.25) is 13.9 Å². The number of benzene rings is 1. The monoisotopic (exact) mass is 484 g/mol. The van der Waals surface area contributed by atoms with Crippen LogP contribution in [-0.4, -0.2) is 41.7 Å². The van der Waals surface area contributed by atoms with Crippen molar-refractivity contribution < 1.29 is 13.2 Å². The number of fused-ring (bicyclic) bond motifs is 1. The molecule has 1 fully saturated rings. The summed E-state index contributed by atoms with van der Waals surface area (Å²) >= 11 is 0. The topological polar surface area (TPSA) is 60.4 Å². The molecule has 1 atom stereocenters. The molecule has 0 saturated carbocycles. The average Bonchev–Trinajstić information content (AvgIpc) is 3.36. The van der Waals surface area contributed by atoms with E-state index in [0.717, 1.165) is 41.7 Å². The second-order valence-electron chi connectivity index (χ2n) is 9.48. The molecule has 0 spiro atoms. The maximum atomic E-state index is 14.0. The zero-order valence-electron chi connectivity index (χ0n) is 19.7. The molecule has 7 nitrogen and oxygen atoms in total. The number of piperidine rings is 1. The van der Waals surface area contributed by atoms with E-state index in [2.05, 4.69) is 22.0 Å². The van der Waals surface area contributed by atoms with Crippen molar-refractivity contribution in [3.63, 3.8) is 0 Å². The molecule has 3 aromatic heterocycles. The van der Waals surface area contributed by atoms with E-state index in [1.165, 1.54) is 16.8 Å². The Kier molecular flexibility index (Phi) is 6.00. The van der Waals surface area contributed by atoms with Gasteiger partial charge in [-0.2, -0.15) is 13.2 Å². The third-order valence-electron chi connectivity index (χ3n) is 6.63. The van der Waals surface area contributed by atoms with Crippen LogP contribution >= 0.6 is 0 Å². The third kappa shape index (κ3) is 4.75. The van der Waals surface area contributed by atoms with Gasteiger partial charge in [-0.25, -0.2) is 4.79 Å². The molecule has 1 aromatic carbocycles. The quantitative estimate of drug-likeness (QED) is 0.429. The van der Waals surface area contributed by atoms with Gasteiger partial charge in [-0.15, -0.1) is 10.2 Å². The summed E-state index contributed by atoms with van der Waals surface area (Å²) < 4.78 is 46.3. The SMILES string of the molecule is C[C@H]1CCCN(Cc2cc(C(F)(F)F)c3cn(-c4cccc(Cc5nncn5C)c4)c(=O)n3c2)C1. The molecule has 1 saturated heterocycles. The Morgan fingerprint density at radius 3 is 2.69 bits per heavy atom. The first kappa shape index (κ1) is 23.3. The lowest BCUT2D eigenvalue weighted by Crippen LogP contribution is -2.34. The minimum Gasteiger partial charge on any atom is -0.320 e. The normalized spacial score (nSPS) is 17.3. The van der Waals surface area contributed by atoms with Gasteiger partial charge in [0.1, 0.15) is 12.2 Å². The molecule has 184 valence electrons. The van der Waals surface area contributed by atoms with Crippen LogP contribution in [0.25, 0.3) is 11.2 Å². The molecule has 0 aliphatic carbocycles. The second-order valence-corrected chi connectivity index (χ2v) is 9.48. The molecule has 1 aliphatic rings. The summed E-state index contributed by atoms with van der Waals surface area (Å²) in [5.74, 6) is 1.25. The molecule has 10 heteroatoms. The van der Waals surface area contributed by atoms with Gasteiger partial charge in [0.25, 0.3) is 0 Å². The number of halogens is 3. The van der Waals surface area contributed by atoms with E-state index in [1.807, 2.05) is 13.1 Å². The Morgan fingerprint density at radius 2 is 1.97 bits per heavy atom. The molecule has 0 unspecified atom stereocenters. The zero-order valence-corrected chi connectivity index (χ0v) is 19.7. The molecule has 5 rings (SSSR count). The number of likely N-dealkylation sites (tertiary alicyclic amines) is 1. The van der Waals surface area contributed by atoms with E-state index in [9.17, 15) is 18.0 Å². The van der Waals surface area contributed by atoms with Crippen molar-refractivity contribution in [1.82, 2.24) is 28.6 Å². The Bertz CT molecular complexity index is 1420. The lowest BCUT2D eigenvalue weighted by Gasteiger charge is -2.31. The van der Waals surface area contributed by atoms with Crippen LogP contribution in [-0.2, 0) is 26.2 Å². The van der Waals surface area contributed by atoms with Crippen molar-refractivity contribution in [2.45, 2.75) is 38.9 Å². The molecule has 0 radical (unpaired) electrons. The molecule has 4 aromatic rings. The summed E-state index contributed by atoms with van der Waals surface area (Å²) in [6.07, 6.45) is 2.48. The average molecular weight is 485 g/mol. The molecule has 0 bridgehead atoms. The van der Waals surface area contributed by atoms with Gasteiger partial charge in [-0.05, 0) is 54.6 Å². The predicted octanol–water partition coefficient (Wildman–Crippen LogP) is 4.06. The zero-order chi connectivity index (χ0) is 24.7.